The van der Waals surface area contributed by atoms with E-state index in [0.29, 0.717) is 6.67 Å². The van der Waals surface area contributed by atoms with Gasteiger partial charge in [0.1, 0.15) is 24.0 Å². The Morgan fingerprint density at radius 3 is 1.62 bits per heavy atom. The van der Waals surface area contributed by atoms with Crippen LogP contribution in [0.1, 0.15) is 101 Å². The Labute approximate surface area is 411 Å². The van der Waals surface area contributed by atoms with Crippen molar-refractivity contribution in [2.45, 2.75) is 108 Å². The van der Waals surface area contributed by atoms with Crippen molar-refractivity contribution >= 4 is 39.9 Å². The van der Waals surface area contributed by atoms with E-state index in [1.165, 1.54) is 106 Å². The van der Waals surface area contributed by atoms with Crippen LogP contribution in [0.2, 0.25) is 0 Å². The zero-order valence-electron chi connectivity index (χ0n) is 43.1. The summed E-state index contributed by atoms with van der Waals surface area (Å²) in [5.41, 5.74) is 27.0. The summed E-state index contributed by atoms with van der Waals surface area (Å²) in [5, 5.41) is 0. The smallest absolute Gasteiger partial charge is 0.137 e. The van der Waals surface area contributed by atoms with Crippen LogP contribution in [-0.4, -0.2) is 11.7 Å². The molecule has 0 amide bonds. The molecule has 7 aromatic carbocycles. The van der Waals surface area contributed by atoms with Crippen molar-refractivity contribution in [1.29, 1.82) is 0 Å². The zero-order chi connectivity index (χ0) is 48.8. The molecule has 0 unspecified atom stereocenters. The Kier molecular flexibility index (Phi) is 11.1. The van der Waals surface area contributed by atoms with Crippen LogP contribution < -0.4 is 19.4 Å². The number of anilines is 7. The summed E-state index contributed by atoms with van der Waals surface area (Å²) in [6, 6.07) is 47.3. The number of nitrogens with zero attached hydrogens (tertiary/aromatic N) is 4. The number of hydrogen-bond donors (Lipinski definition) is 0. The predicted octanol–water partition coefficient (Wildman–Crippen LogP) is 17.6. The quantitative estimate of drug-likeness (QED) is 0.159. The van der Waals surface area contributed by atoms with Crippen molar-refractivity contribution in [2.75, 3.05) is 21.4 Å². The monoisotopic (exact) mass is 907 g/mol. The van der Waals surface area contributed by atoms with Crippen LogP contribution in [0.25, 0.3) is 22.3 Å². The molecule has 2 aliphatic rings. The maximum atomic E-state index is 6.98. The van der Waals surface area contributed by atoms with Gasteiger partial charge in [-0.15, -0.1) is 0 Å². The molecule has 0 N–H and O–H groups in total. The molecular formula is C64H66N4O. The largest absolute Gasteiger partial charge is 0.457 e. The average Bonchev–Trinajstić information content (AvgIpc) is 3.63. The summed E-state index contributed by atoms with van der Waals surface area (Å²) in [6.45, 7) is 32.2. The SMILES string of the molecule is Cc1cc(C)c(-c2cc3c(cc2-c2c(C)cc(C)cc2C)N(c2c(C)cc(C)cc2C)CN3c2cccc(Oc3ccc4c(c3)N(c3cc(C(C)(C)C)ccn3)c3ccccc3C4(C)C)c2)c(C)c1. The molecule has 0 atom stereocenters. The summed E-state index contributed by atoms with van der Waals surface area (Å²) >= 11 is 0. The molecule has 0 bridgehead atoms. The van der Waals surface area contributed by atoms with Gasteiger partial charge in [-0.05, 0) is 189 Å². The number of ether oxygens (including phenoxy) is 1. The van der Waals surface area contributed by atoms with Crippen molar-refractivity contribution in [1.82, 2.24) is 4.98 Å². The zero-order valence-corrected chi connectivity index (χ0v) is 43.1. The highest BCUT2D eigenvalue weighted by molar-refractivity contribution is 5.99. The Morgan fingerprint density at radius 1 is 0.493 bits per heavy atom. The number of para-hydroxylation sites is 1. The number of fused-ring (bicyclic) bond motifs is 3. The Bertz CT molecular complexity index is 3300. The fourth-order valence-electron chi connectivity index (χ4n) is 11.8. The number of aromatic nitrogens is 1. The number of hydrogen-bond acceptors (Lipinski definition) is 5. The normalized spacial score (nSPS) is 13.9. The van der Waals surface area contributed by atoms with Crippen LogP contribution in [0, 0.1) is 62.3 Å². The first-order valence-electron chi connectivity index (χ1n) is 24.5. The summed E-state index contributed by atoms with van der Waals surface area (Å²) in [7, 11) is 0. The van der Waals surface area contributed by atoms with Crippen molar-refractivity contribution in [3.8, 4) is 33.8 Å². The highest BCUT2D eigenvalue weighted by atomic mass is 16.5. The number of pyridine rings is 1. The molecule has 2 aliphatic heterocycles. The van der Waals surface area contributed by atoms with Crippen molar-refractivity contribution in [3.05, 3.63) is 200 Å². The van der Waals surface area contributed by atoms with Gasteiger partial charge in [0.2, 0.25) is 0 Å². The van der Waals surface area contributed by atoms with Gasteiger partial charge in [-0.3, -0.25) is 4.90 Å². The minimum atomic E-state index is -0.239. The van der Waals surface area contributed by atoms with Gasteiger partial charge in [0.15, 0.2) is 0 Å². The standard InChI is InChI=1S/C64H66N4O/c1-38-26-41(4)60(42(5)27-38)51-35-57-58(36-52(51)61-43(6)28-39(2)29-44(61)7)67(62-45(8)30-40(3)31-46(62)9)37-66(57)48-18-17-19-49(33-48)69-50-22-23-54-56(34-50)68(55-21-16-15-20-53(55)64(54,13)14)59-32-47(24-25-65-59)63(10,11)12/h15-36H,37H2,1-14H3. The minimum absolute atomic E-state index is 0.0304. The topological polar surface area (TPSA) is 31.8 Å². The van der Waals surface area contributed by atoms with Crippen LogP contribution in [0.3, 0.4) is 0 Å². The predicted molar refractivity (Wildman–Crippen MR) is 292 cm³/mol. The molecule has 69 heavy (non-hydrogen) atoms. The molecule has 0 spiro atoms. The van der Waals surface area contributed by atoms with Gasteiger partial charge in [0.25, 0.3) is 0 Å². The molecule has 8 aromatic rings. The van der Waals surface area contributed by atoms with Crippen molar-refractivity contribution in [3.63, 3.8) is 0 Å². The Morgan fingerprint density at radius 2 is 1.03 bits per heavy atom. The first-order chi connectivity index (χ1) is 32.8. The van der Waals surface area contributed by atoms with Crippen LogP contribution in [-0.2, 0) is 10.8 Å². The fraction of sp³-hybridized carbons (Fsp3) is 0.266. The molecule has 0 saturated heterocycles. The minimum Gasteiger partial charge on any atom is -0.457 e. The van der Waals surface area contributed by atoms with Crippen LogP contribution in [0.4, 0.5) is 39.9 Å². The molecule has 3 heterocycles. The van der Waals surface area contributed by atoms with E-state index in [-0.39, 0.29) is 10.8 Å². The first-order valence-corrected chi connectivity index (χ1v) is 24.5. The van der Waals surface area contributed by atoms with E-state index in [0.717, 1.165) is 34.4 Å². The molecular weight excluding hydrogens is 841 g/mol. The average molecular weight is 907 g/mol. The van der Waals surface area contributed by atoms with E-state index in [1.807, 2.05) is 6.20 Å². The maximum absolute atomic E-state index is 6.98. The molecule has 0 radical (unpaired) electrons. The third-order valence-electron chi connectivity index (χ3n) is 14.7. The lowest BCUT2D eigenvalue weighted by molar-refractivity contribution is 0.482. The van der Waals surface area contributed by atoms with Gasteiger partial charge in [-0.2, -0.15) is 0 Å². The molecule has 5 heteroatoms. The summed E-state index contributed by atoms with van der Waals surface area (Å²) in [4.78, 5) is 12.3. The molecule has 1 aromatic heterocycles. The van der Waals surface area contributed by atoms with Gasteiger partial charge < -0.3 is 14.5 Å². The number of aryl methyl sites for hydroxylation is 9. The molecule has 10 rings (SSSR count). The van der Waals surface area contributed by atoms with Gasteiger partial charge in [-0.25, -0.2) is 4.98 Å². The Balaban J connectivity index is 1.12. The van der Waals surface area contributed by atoms with Gasteiger partial charge in [-0.1, -0.05) is 118 Å². The molecule has 348 valence electrons. The van der Waals surface area contributed by atoms with E-state index in [4.69, 9.17) is 9.72 Å². The second-order valence-corrected chi connectivity index (χ2v) is 21.6. The van der Waals surface area contributed by atoms with E-state index < -0.39 is 0 Å². The van der Waals surface area contributed by atoms with E-state index in [2.05, 4.69) is 239 Å². The van der Waals surface area contributed by atoms with Gasteiger partial charge >= 0.3 is 0 Å². The molecule has 0 fully saturated rings. The third-order valence-corrected chi connectivity index (χ3v) is 14.7. The molecule has 5 nitrogen and oxygen atoms in total. The summed E-state index contributed by atoms with van der Waals surface area (Å²) < 4.78 is 6.98. The van der Waals surface area contributed by atoms with Crippen LogP contribution in [0.15, 0.2) is 134 Å². The van der Waals surface area contributed by atoms with Gasteiger partial charge in [0, 0.05) is 35.1 Å². The first kappa shape index (κ1) is 45.7. The van der Waals surface area contributed by atoms with Crippen LogP contribution >= 0.6 is 0 Å². The lowest BCUT2D eigenvalue weighted by Crippen LogP contribution is -2.31. The number of benzene rings is 7. The lowest BCUT2D eigenvalue weighted by Gasteiger charge is -2.41. The maximum Gasteiger partial charge on any atom is 0.137 e. The van der Waals surface area contributed by atoms with Gasteiger partial charge in [0.05, 0.1) is 22.7 Å². The second kappa shape index (κ2) is 16.8. The highest BCUT2D eigenvalue weighted by Gasteiger charge is 2.38. The van der Waals surface area contributed by atoms with E-state index >= 15 is 0 Å². The fourth-order valence-corrected chi connectivity index (χ4v) is 11.8. The third kappa shape index (κ3) is 7.96. The lowest BCUT2D eigenvalue weighted by atomic mass is 9.73. The highest BCUT2D eigenvalue weighted by Crippen LogP contribution is 2.55. The Hall–Kier alpha value is -7.11. The van der Waals surface area contributed by atoms with E-state index in [9.17, 15) is 0 Å². The van der Waals surface area contributed by atoms with E-state index in [1.54, 1.807) is 0 Å². The summed E-state index contributed by atoms with van der Waals surface area (Å²) in [5.74, 6) is 2.44. The van der Waals surface area contributed by atoms with Crippen molar-refractivity contribution < 1.29 is 4.74 Å². The molecule has 0 aliphatic carbocycles. The second-order valence-electron chi connectivity index (χ2n) is 21.6. The molecule has 0 saturated carbocycles. The van der Waals surface area contributed by atoms with Crippen molar-refractivity contribution in [2.24, 2.45) is 0 Å². The summed E-state index contributed by atoms with van der Waals surface area (Å²) in [6.07, 6.45) is 1.94. The number of rotatable bonds is 7. The van der Waals surface area contributed by atoms with Crippen LogP contribution in [0.5, 0.6) is 11.5 Å².